The van der Waals surface area contributed by atoms with Gasteiger partial charge in [0.05, 0.1) is 12.2 Å². The Balaban J connectivity index is 1.36. The number of carbonyl (C=O) groups excluding carboxylic acids is 3. The van der Waals surface area contributed by atoms with E-state index in [1.54, 1.807) is 31.1 Å². The number of pyridine rings is 1. The average Bonchev–Trinajstić information content (AvgIpc) is 3.52. The molecule has 3 aliphatic heterocycles. The topological polar surface area (TPSA) is 89.1 Å². The van der Waals surface area contributed by atoms with Crippen LogP contribution in [-0.4, -0.2) is 76.9 Å². The summed E-state index contributed by atoms with van der Waals surface area (Å²) >= 11 is 0. The Morgan fingerprint density at radius 3 is 2.56 bits per heavy atom. The molecule has 4 heterocycles. The van der Waals surface area contributed by atoms with E-state index < -0.39 is 5.54 Å². The second-order valence-electron chi connectivity index (χ2n) is 12.0. The lowest BCUT2D eigenvalue weighted by atomic mass is 9.87. The highest BCUT2D eigenvalue weighted by Gasteiger charge is 2.52. The predicted molar refractivity (Wildman–Crippen MR) is 152 cm³/mol. The van der Waals surface area contributed by atoms with Gasteiger partial charge < -0.3 is 15.1 Å². The first-order valence-corrected chi connectivity index (χ1v) is 14.0. The second kappa shape index (κ2) is 10.4. The van der Waals surface area contributed by atoms with Crippen LogP contribution in [0, 0.1) is 0 Å². The molecule has 1 aromatic carbocycles. The predicted octanol–water partition coefficient (Wildman–Crippen LogP) is 3.53. The fourth-order valence-electron chi connectivity index (χ4n) is 6.23. The van der Waals surface area contributed by atoms with Crippen LogP contribution in [-0.2, 0) is 21.5 Å². The minimum absolute atomic E-state index is 0.00117. The zero-order valence-corrected chi connectivity index (χ0v) is 23.7. The number of likely N-dealkylation sites (N-methyl/N-ethyl adjacent to an activating group) is 1. The molecule has 0 spiro atoms. The normalized spacial score (nSPS) is 22.2. The number of benzene rings is 1. The number of hydrogen-bond acceptors (Lipinski definition) is 6. The molecule has 0 saturated carbocycles. The number of amides is 4. The molecule has 9 heteroatoms. The van der Waals surface area contributed by atoms with Crippen molar-refractivity contribution in [1.82, 2.24) is 20.1 Å². The number of anilines is 2. The van der Waals surface area contributed by atoms with Crippen LogP contribution in [0.4, 0.5) is 16.2 Å². The molecule has 2 aromatic rings. The summed E-state index contributed by atoms with van der Waals surface area (Å²) in [5.41, 5.74) is 1.96. The van der Waals surface area contributed by atoms with Crippen LogP contribution in [0.25, 0.3) is 0 Å². The van der Waals surface area contributed by atoms with Gasteiger partial charge in [-0.2, -0.15) is 0 Å². The number of nitrogens with one attached hydrogen (secondary N) is 1. The van der Waals surface area contributed by atoms with Gasteiger partial charge in [0, 0.05) is 49.2 Å². The van der Waals surface area contributed by atoms with Gasteiger partial charge in [-0.05, 0) is 75.2 Å². The van der Waals surface area contributed by atoms with E-state index in [2.05, 4.69) is 36.0 Å². The van der Waals surface area contributed by atoms with Crippen molar-refractivity contribution in [2.24, 2.45) is 0 Å². The molecule has 9 nitrogen and oxygen atoms in total. The van der Waals surface area contributed by atoms with E-state index in [1.807, 2.05) is 35.2 Å². The van der Waals surface area contributed by atoms with Crippen molar-refractivity contribution >= 4 is 29.2 Å². The van der Waals surface area contributed by atoms with Gasteiger partial charge in [0.1, 0.15) is 5.54 Å². The Labute approximate surface area is 231 Å². The minimum atomic E-state index is -1.01. The number of fused-ring (bicyclic) bond motifs is 1. The Morgan fingerprint density at radius 1 is 1.10 bits per heavy atom. The van der Waals surface area contributed by atoms with Crippen LogP contribution in [0.2, 0.25) is 0 Å². The number of imide groups is 1. The third-order valence-electron chi connectivity index (χ3n) is 8.59. The summed E-state index contributed by atoms with van der Waals surface area (Å²) in [6.45, 7) is 14.0. The molecule has 2 saturated heterocycles. The van der Waals surface area contributed by atoms with E-state index in [9.17, 15) is 14.4 Å². The third kappa shape index (κ3) is 4.94. The number of rotatable bonds is 8. The Bertz CT molecular complexity index is 1260. The molecular formula is C30H40N6O3. The van der Waals surface area contributed by atoms with Gasteiger partial charge in [-0.3, -0.25) is 19.5 Å². The van der Waals surface area contributed by atoms with Crippen molar-refractivity contribution in [3.8, 4) is 0 Å². The number of urea groups is 1. The van der Waals surface area contributed by atoms with Gasteiger partial charge in [-0.25, -0.2) is 9.69 Å². The van der Waals surface area contributed by atoms with Crippen molar-refractivity contribution in [3.63, 3.8) is 0 Å². The van der Waals surface area contributed by atoms with Crippen molar-refractivity contribution in [3.05, 3.63) is 53.9 Å². The van der Waals surface area contributed by atoms with Crippen LogP contribution in [0.5, 0.6) is 0 Å². The van der Waals surface area contributed by atoms with Gasteiger partial charge in [0.15, 0.2) is 0 Å². The van der Waals surface area contributed by atoms with Crippen molar-refractivity contribution in [1.29, 1.82) is 0 Å². The van der Waals surface area contributed by atoms with Crippen LogP contribution >= 0.6 is 0 Å². The van der Waals surface area contributed by atoms with Gasteiger partial charge in [0.2, 0.25) is 5.91 Å². The van der Waals surface area contributed by atoms with Crippen molar-refractivity contribution in [2.75, 3.05) is 42.5 Å². The molecular weight excluding hydrogens is 492 g/mol. The summed E-state index contributed by atoms with van der Waals surface area (Å²) in [6, 6.07) is 9.42. The van der Waals surface area contributed by atoms with Crippen molar-refractivity contribution < 1.29 is 14.4 Å². The number of aromatic nitrogens is 1. The lowest BCUT2D eigenvalue weighted by molar-refractivity contribution is -0.123. The standard InChI is InChI=1S/C30H40N6O3/c1-6-33-15-7-8-23(33)17-32-18-26(37)34-20-29(2,3)24-10-9-22(16-25(24)34)36-27(38)30(4,5)35(28(36)39)19-21-11-13-31-14-12-21/h9-14,16,23,32H,6-8,15,17-20H2,1-5H3. The second-order valence-corrected chi connectivity index (χ2v) is 12.0. The first kappa shape index (κ1) is 27.3. The molecule has 39 heavy (non-hydrogen) atoms. The summed E-state index contributed by atoms with van der Waals surface area (Å²) in [6.07, 6.45) is 5.72. The SMILES string of the molecule is CCN1CCCC1CNCC(=O)N1CC(C)(C)c2ccc(N3C(=O)N(Cc4ccncc4)C(C)(C)C3=O)cc21. The van der Waals surface area contributed by atoms with Crippen LogP contribution in [0.1, 0.15) is 58.6 Å². The maximum atomic E-state index is 13.6. The van der Waals surface area contributed by atoms with Gasteiger partial charge in [0.25, 0.3) is 5.91 Å². The first-order chi connectivity index (χ1) is 18.5. The summed E-state index contributed by atoms with van der Waals surface area (Å²) < 4.78 is 0. The molecule has 1 N–H and O–H groups in total. The van der Waals surface area contributed by atoms with E-state index in [-0.39, 0.29) is 29.8 Å². The van der Waals surface area contributed by atoms with Crippen LogP contribution < -0.4 is 15.1 Å². The Morgan fingerprint density at radius 2 is 1.85 bits per heavy atom. The van der Waals surface area contributed by atoms with E-state index in [1.165, 1.54) is 11.3 Å². The summed E-state index contributed by atoms with van der Waals surface area (Å²) in [4.78, 5) is 51.8. The number of nitrogens with zero attached hydrogens (tertiary/aromatic N) is 5. The number of likely N-dealkylation sites (tertiary alicyclic amines) is 1. The third-order valence-corrected chi connectivity index (χ3v) is 8.59. The van der Waals surface area contributed by atoms with Gasteiger partial charge >= 0.3 is 6.03 Å². The molecule has 1 unspecified atom stereocenters. The highest BCUT2D eigenvalue weighted by atomic mass is 16.2. The van der Waals surface area contributed by atoms with E-state index in [0.717, 1.165) is 42.9 Å². The molecule has 0 radical (unpaired) electrons. The van der Waals surface area contributed by atoms with Gasteiger partial charge in [-0.1, -0.05) is 26.8 Å². The van der Waals surface area contributed by atoms with E-state index in [0.29, 0.717) is 24.8 Å². The Kier molecular flexibility index (Phi) is 7.24. The quantitative estimate of drug-likeness (QED) is 0.524. The highest BCUT2D eigenvalue weighted by Crippen LogP contribution is 2.44. The lowest BCUT2D eigenvalue weighted by Gasteiger charge is -2.27. The van der Waals surface area contributed by atoms with Crippen LogP contribution in [0.3, 0.4) is 0 Å². The molecule has 208 valence electrons. The smallest absolute Gasteiger partial charge is 0.310 e. The molecule has 2 fully saturated rings. The molecule has 1 aromatic heterocycles. The van der Waals surface area contributed by atoms with Crippen molar-refractivity contribution in [2.45, 2.75) is 71.0 Å². The zero-order valence-electron chi connectivity index (χ0n) is 23.7. The molecule has 0 bridgehead atoms. The zero-order chi connectivity index (χ0) is 27.9. The molecule has 5 rings (SSSR count). The van der Waals surface area contributed by atoms with Gasteiger partial charge in [-0.15, -0.1) is 0 Å². The summed E-state index contributed by atoms with van der Waals surface area (Å²) in [7, 11) is 0. The summed E-state index contributed by atoms with van der Waals surface area (Å²) in [5, 5.41) is 3.39. The molecule has 1 atom stereocenters. The maximum Gasteiger partial charge on any atom is 0.332 e. The average molecular weight is 533 g/mol. The van der Waals surface area contributed by atoms with E-state index in [4.69, 9.17) is 0 Å². The number of hydrogen-bond donors (Lipinski definition) is 1. The minimum Gasteiger partial charge on any atom is -0.310 e. The van der Waals surface area contributed by atoms with E-state index >= 15 is 0 Å². The lowest BCUT2D eigenvalue weighted by Crippen LogP contribution is -2.44. The van der Waals surface area contributed by atoms with Crippen LogP contribution in [0.15, 0.2) is 42.7 Å². The first-order valence-electron chi connectivity index (χ1n) is 14.0. The molecule has 3 aliphatic rings. The monoisotopic (exact) mass is 532 g/mol. The Hall–Kier alpha value is -3.30. The molecule has 0 aliphatic carbocycles. The largest absolute Gasteiger partial charge is 0.332 e. The highest BCUT2D eigenvalue weighted by molar-refractivity contribution is 6.23. The fraction of sp³-hybridized carbons (Fsp3) is 0.533. The molecule has 4 amide bonds. The fourth-order valence-corrected chi connectivity index (χ4v) is 6.23. The number of carbonyl (C=O) groups is 3. The summed E-state index contributed by atoms with van der Waals surface area (Å²) in [5.74, 6) is -0.283. The maximum absolute atomic E-state index is 13.6.